The summed E-state index contributed by atoms with van der Waals surface area (Å²) in [5, 5.41) is 7.82. The molecule has 146 valence electrons. The highest BCUT2D eigenvalue weighted by Gasteiger charge is 2.34. The molecule has 1 saturated carbocycles. The van der Waals surface area contributed by atoms with Gasteiger partial charge < -0.3 is 20.7 Å². The third-order valence-corrected chi connectivity index (χ3v) is 4.89. The van der Waals surface area contributed by atoms with Crippen LogP contribution >= 0.6 is 0 Å². The zero-order valence-corrected chi connectivity index (χ0v) is 15.1. The number of urea groups is 1. The number of hydrogen-bond donors (Lipinski definition) is 3. The number of hydrogen-bond acceptors (Lipinski definition) is 3. The van der Waals surface area contributed by atoms with E-state index in [0.717, 1.165) is 5.56 Å². The molecule has 1 aliphatic carbocycles. The van der Waals surface area contributed by atoms with E-state index in [1.165, 1.54) is 7.11 Å². The van der Waals surface area contributed by atoms with Gasteiger partial charge in [0.25, 0.3) is 0 Å². The average molecular weight is 379 g/mol. The molecule has 0 aromatic heterocycles. The van der Waals surface area contributed by atoms with Crippen molar-refractivity contribution in [3.05, 3.63) is 29.8 Å². The SMILES string of the molecule is COc1ccc(/C=C/C2CCC(F)(F)CC2)cc1NC(=O)C1CNC(=O)N1. The Bertz CT molecular complexity index is 742. The highest BCUT2D eigenvalue weighted by Crippen LogP contribution is 2.37. The summed E-state index contributed by atoms with van der Waals surface area (Å²) in [5.41, 5.74) is 1.32. The van der Waals surface area contributed by atoms with Crippen LogP contribution in [-0.4, -0.2) is 37.6 Å². The van der Waals surface area contributed by atoms with Crippen LogP contribution in [0, 0.1) is 5.92 Å². The van der Waals surface area contributed by atoms with E-state index < -0.39 is 12.0 Å². The summed E-state index contributed by atoms with van der Waals surface area (Å²) in [4.78, 5) is 23.5. The molecule has 2 aliphatic rings. The zero-order valence-electron chi connectivity index (χ0n) is 15.1. The highest BCUT2D eigenvalue weighted by molar-refractivity contribution is 6.00. The first-order valence-corrected chi connectivity index (χ1v) is 8.95. The molecule has 1 heterocycles. The Kier molecular flexibility index (Phi) is 5.62. The number of rotatable bonds is 5. The monoisotopic (exact) mass is 379 g/mol. The van der Waals surface area contributed by atoms with Crippen LogP contribution in [0.3, 0.4) is 0 Å². The predicted octanol–water partition coefficient (Wildman–Crippen LogP) is 3.15. The molecule has 8 heteroatoms. The van der Waals surface area contributed by atoms with E-state index >= 15 is 0 Å². The fourth-order valence-corrected chi connectivity index (χ4v) is 3.26. The van der Waals surface area contributed by atoms with Gasteiger partial charge in [0.1, 0.15) is 11.8 Å². The third kappa shape index (κ3) is 4.96. The second-order valence-corrected chi connectivity index (χ2v) is 6.91. The molecule has 3 amide bonds. The summed E-state index contributed by atoms with van der Waals surface area (Å²) in [6.45, 7) is 0.221. The van der Waals surface area contributed by atoms with Gasteiger partial charge in [0, 0.05) is 19.4 Å². The highest BCUT2D eigenvalue weighted by atomic mass is 19.3. The van der Waals surface area contributed by atoms with E-state index in [1.54, 1.807) is 12.1 Å². The Morgan fingerprint density at radius 1 is 1.33 bits per heavy atom. The van der Waals surface area contributed by atoms with E-state index in [1.807, 2.05) is 18.2 Å². The van der Waals surface area contributed by atoms with Crippen LogP contribution in [0.25, 0.3) is 6.08 Å². The first-order valence-electron chi connectivity index (χ1n) is 8.95. The molecule has 1 atom stereocenters. The summed E-state index contributed by atoms with van der Waals surface area (Å²) < 4.78 is 31.8. The van der Waals surface area contributed by atoms with E-state index in [0.29, 0.717) is 24.3 Å². The number of amides is 3. The molecular weight excluding hydrogens is 356 g/mol. The maximum absolute atomic E-state index is 13.2. The lowest BCUT2D eigenvalue weighted by atomic mass is 9.86. The molecule has 0 spiro atoms. The number of allylic oxidation sites excluding steroid dienone is 1. The summed E-state index contributed by atoms with van der Waals surface area (Å²) in [6.07, 6.45) is 4.61. The molecule has 1 aromatic carbocycles. The summed E-state index contributed by atoms with van der Waals surface area (Å²) in [5.74, 6) is -2.26. The molecule has 1 aliphatic heterocycles. The quantitative estimate of drug-likeness (QED) is 0.735. The van der Waals surface area contributed by atoms with E-state index in [2.05, 4.69) is 16.0 Å². The zero-order chi connectivity index (χ0) is 19.4. The van der Waals surface area contributed by atoms with Gasteiger partial charge in [-0.25, -0.2) is 13.6 Å². The van der Waals surface area contributed by atoms with Crippen molar-refractivity contribution in [1.82, 2.24) is 10.6 Å². The first-order chi connectivity index (χ1) is 12.9. The molecule has 3 rings (SSSR count). The first kappa shape index (κ1) is 19.1. The van der Waals surface area contributed by atoms with E-state index in [4.69, 9.17) is 4.74 Å². The number of methoxy groups -OCH3 is 1. The number of benzene rings is 1. The van der Waals surface area contributed by atoms with Crippen LogP contribution < -0.4 is 20.7 Å². The molecule has 2 fully saturated rings. The lowest BCUT2D eigenvalue weighted by Crippen LogP contribution is -2.38. The van der Waals surface area contributed by atoms with Crippen molar-refractivity contribution in [3.8, 4) is 5.75 Å². The maximum Gasteiger partial charge on any atom is 0.315 e. The standard InChI is InChI=1S/C19H23F2N3O3/c1-27-16-5-4-13(3-2-12-6-8-19(20,21)9-7-12)10-14(16)23-17(25)15-11-22-18(26)24-15/h2-5,10,12,15H,6-9,11H2,1H3,(H,23,25)(H2,22,24,26)/b3-2+. The van der Waals surface area contributed by atoms with Crippen molar-refractivity contribution in [2.45, 2.75) is 37.6 Å². The summed E-state index contributed by atoms with van der Waals surface area (Å²) in [6, 6.07) is 4.30. The Morgan fingerprint density at radius 2 is 2.07 bits per heavy atom. The fraction of sp³-hybridized carbons (Fsp3) is 0.474. The lowest BCUT2D eigenvalue weighted by molar-refractivity contribution is -0.117. The van der Waals surface area contributed by atoms with Crippen molar-refractivity contribution >= 4 is 23.7 Å². The van der Waals surface area contributed by atoms with Gasteiger partial charge in [-0.15, -0.1) is 0 Å². The van der Waals surface area contributed by atoms with Crippen molar-refractivity contribution in [2.75, 3.05) is 19.0 Å². The largest absolute Gasteiger partial charge is 0.495 e. The molecule has 27 heavy (non-hydrogen) atoms. The van der Waals surface area contributed by atoms with Crippen LogP contribution in [0.4, 0.5) is 19.3 Å². The van der Waals surface area contributed by atoms with Gasteiger partial charge >= 0.3 is 6.03 Å². The van der Waals surface area contributed by atoms with Crippen molar-refractivity contribution in [2.24, 2.45) is 5.92 Å². The van der Waals surface area contributed by atoms with Gasteiger partial charge in [0.15, 0.2) is 0 Å². The van der Waals surface area contributed by atoms with Crippen LogP contribution in [0.1, 0.15) is 31.2 Å². The number of anilines is 1. The molecule has 1 aromatic rings. The summed E-state index contributed by atoms with van der Waals surface area (Å²) >= 11 is 0. The number of nitrogens with one attached hydrogen (secondary N) is 3. The smallest absolute Gasteiger partial charge is 0.315 e. The van der Waals surface area contributed by atoms with Crippen molar-refractivity contribution in [1.29, 1.82) is 0 Å². The molecule has 3 N–H and O–H groups in total. The average Bonchev–Trinajstić information content (AvgIpc) is 3.07. The molecule has 6 nitrogen and oxygen atoms in total. The molecule has 0 bridgehead atoms. The number of carbonyl (C=O) groups is 2. The molecule has 1 saturated heterocycles. The van der Waals surface area contributed by atoms with E-state index in [-0.39, 0.29) is 37.2 Å². The summed E-state index contributed by atoms with van der Waals surface area (Å²) in [7, 11) is 1.50. The van der Waals surface area contributed by atoms with Crippen LogP contribution in [0.5, 0.6) is 5.75 Å². The Labute approximate surface area is 156 Å². The Hall–Kier alpha value is -2.64. The minimum absolute atomic E-state index is 0.0763. The fourth-order valence-electron chi connectivity index (χ4n) is 3.26. The van der Waals surface area contributed by atoms with Gasteiger partial charge in [0.2, 0.25) is 11.8 Å². The van der Waals surface area contributed by atoms with Crippen LogP contribution in [0.15, 0.2) is 24.3 Å². The maximum atomic E-state index is 13.2. The lowest BCUT2D eigenvalue weighted by Gasteiger charge is -2.26. The molecule has 1 unspecified atom stereocenters. The van der Waals surface area contributed by atoms with Gasteiger partial charge in [-0.2, -0.15) is 0 Å². The second kappa shape index (κ2) is 7.94. The van der Waals surface area contributed by atoms with Crippen molar-refractivity contribution < 1.29 is 23.1 Å². The molecule has 0 radical (unpaired) electrons. The van der Waals surface area contributed by atoms with Crippen LogP contribution in [0.2, 0.25) is 0 Å². The van der Waals surface area contributed by atoms with Gasteiger partial charge in [-0.3, -0.25) is 4.79 Å². The van der Waals surface area contributed by atoms with Gasteiger partial charge in [-0.05, 0) is 36.5 Å². The Morgan fingerprint density at radius 3 is 2.70 bits per heavy atom. The minimum atomic E-state index is -2.54. The van der Waals surface area contributed by atoms with Crippen molar-refractivity contribution in [3.63, 3.8) is 0 Å². The second-order valence-electron chi connectivity index (χ2n) is 6.91. The Balaban J connectivity index is 1.67. The minimum Gasteiger partial charge on any atom is -0.495 e. The molecular formula is C19H23F2N3O3. The number of ether oxygens (including phenoxy) is 1. The van der Waals surface area contributed by atoms with Gasteiger partial charge in [0.05, 0.1) is 12.8 Å². The predicted molar refractivity (Wildman–Crippen MR) is 97.9 cm³/mol. The normalized spacial score (nSPS) is 22.3. The number of alkyl halides is 2. The number of carbonyl (C=O) groups excluding carboxylic acids is 2. The number of halogens is 2. The third-order valence-electron chi connectivity index (χ3n) is 4.89. The topological polar surface area (TPSA) is 79.5 Å². The van der Waals surface area contributed by atoms with Crippen LogP contribution in [-0.2, 0) is 4.79 Å². The van der Waals surface area contributed by atoms with E-state index in [9.17, 15) is 18.4 Å². The van der Waals surface area contributed by atoms with Gasteiger partial charge in [-0.1, -0.05) is 18.2 Å².